The molecule has 0 atom stereocenters. The number of benzene rings is 2. The first-order valence-electron chi connectivity index (χ1n) is 10.1. The van der Waals surface area contributed by atoms with Gasteiger partial charge in [0.25, 0.3) is 5.91 Å². The third-order valence-corrected chi connectivity index (χ3v) is 4.78. The fourth-order valence-electron chi connectivity index (χ4n) is 3.24. The summed E-state index contributed by atoms with van der Waals surface area (Å²) in [6.45, 7) is 1.11. The van der Waals surface area contributed by atoms with Gasteiger partial charge in [-0.15, -0.1) is 0 Å². The molecule has 0 fully saturated rings. The first kappa shape index (κ1) is 23.1. The van der Waals surface area contributed by atoms with Gasteiger partial charge >= 0.3 is 5.97 Å². The van der Waals surface area contributed by atoms with Crippen molar-refractivity contribution >= 4 is 11.9 Å². The number of hydrogen-bond donors (Lipinski definition) is 1. The van der Waals surface area contributed by atoms with Crippen LogP contribution in [0.25, 0.3) is 0 Å². The van der Waals surface area contributed by atoms with Crippen LogP contribution in [0, 0.1) is 0 Å². The van der Waals surface area contributed by atoms with Crippen molar-refractivity contribution in [3.63, 3.8) is 0 Å². The molecule has 0 saturated heterocycles. The lowest BCUT2D eigenvalue weighted by atomic mass is 10.1. The molecule has 1 amide bonds. The van der Waals surface area contributed by atoms with Gasteiger partial charge in [-0.05, 0) is 41.8 Å². The number of amides is 1. The van der Waals surface area contributed by atoms with E-state index >= 15 is 0 Å². The summed E-state index contributed by atoms with van der Waals surface area (Å²) in [6.07, 6.45) is 0.572. The van der Waals surface area contributed by atoms with Crippen molar-refractivity contribution in [2.75, 3.05) is 47.7 Å². The SMILES string of the molecule is COc1cc(CC(=O)OCC(=O)NCCc2ccc3c(c2)OCCO3)cc(OC)c1OC. The zero-order chi connectivity index (χ0) is 22.9. The summed E-state index contributed by atoms with van der Waals surface area (Å²) in [5.74, 6) is 1.83. The normalized spacial score (nSPS) is 12.0. The van der Waals surface area contributed by atoms with E-state index in [1.807, 2.05) is 18.2 Å². The van der Waals surface area contributed by atoms with Crippen LogP contribution in [0.15, 0.2) is 30.3 Å². The molecule has 0 bridgehead atoms. The smallest absolute Gasteiger partial charge is 0.310 e. The number of carbonyl (C=O) groups is 2. The summed E-state index contributed by atoms with van der Waals surface area (Å²) in [5, 5.41) is 2.74. The molecule has 1 aliphatic rings. The van der Waals surface area contributed by atoms with Gasteiger partial charge in [0.05, 0.1) is 27.8 Å². The first-order valence-corrected chi connectivity index (χ1v) is 10.1. The molecule has 172 valence electrons. The van der Waals surface area contributed by atoms with Crippen LogP contribution in [-0.4, -0.2) is 59.6 Å². The van der Waals surface area contributed by atoms with Crippen molar-refractivity contribution in [1.82, 2.24) is 5.32 Å². The van der Waals surface area contributed by atoms with E-state index in [9.17, 15) is 9.59 Å². The van der Waals surface area contributed by atoms with E-state index in [-0.39, 0.29) is 18.9 Å². The number of nitrogens with one attached hydrogen (secondary N) is 1. The molecule has 1 aliphatic heterocycles. The Hall–Kier alpha value is -3.62. The third kappa shape index (κ3) is 5.96. The molecule has 2 aromatic rings. The second-order valence-electron chi connectivity index (χ2n) is 6.95. The van der Waals surface area contributed by atoms with Crippen molar-refractivity contribution in [1.29, 1.82) is 0 Å². The van der Waals surface area contributed by atoms with Gasteiger partial charge < -0.3 is 33.7 Å². The van der Waals surface area contributed by atoms with E-state index in [1.54, 1.807) is 12.1 Å². The second-order valence-corrected chi connectivity index (χ2v) is 6.95. The zero-order valence-corrected chi connectivity index (χ0v) is 18.4. The summed E-state index contributed by atoms with van der Waals surface area (Å²) in [6, 6.07) is 9.01. The summed E-state index contributed by atoms with van der Waals surface area (Å²) in [4.78, 5) is 24.2. The molecule has 0 saturated carbocycles. The molecule has 0 aliphatic carbocycles. The molecule has 3 rings (SSSR count). The zero-order valence-electron chi connectivity index (χ0n) is 18.4. The average Bonchev–Trinajstić information content (AvgIpc) is 2.82. The van der Waals surface area contributed by atoms with Crippen LogP contribution in [0.4, 0.5) is 0 Å². The topological polar surface area (TPSA) is 102 Å². The maximum atomic E-state index is 12.2. The first-order chi connectivity index (χ1) is 15.5. The molecule has 0 unspecified atom stereocenters. The molecular formula is C23H27NO8. The molecule has 1 heterocycles. The fraction of sp³-hybridized carbons (Fsp3) is 0.391. The monoisotopic (exact) mass is 445 g/mol. The van der Waals surface area contributed by atoms with E-state index in [2.05, 4.69) is 5.32 Å². The largest absolute Gasteiger partial charge is 0.493 e. The van der Waals surface area contributed by atoms with Crippen molar-refractivity contribution in [2.24, 2.45) is 0 Å². The van der Waals surface area contributed by atoms with Crippen LogP contribution >= 0.6 is 0 Å². The number of fused-ring (bicyclic) bond motifs is 1. The minimum atomic E-state index is -0.541. The number of rotatable bonds is 10. The minimum Gasteiger partial charge on any atom is -0.493 e. The van der Waals surface area contributed by atoms with Crippen LogP contribution in [0.2, 0.25) is 0 Å². The van der Waals surface area contributed by atoms with E-state index in [0.29, 0.717) is 54.7 Å². The molecule has 1 N–H and O–H groups in total. The van der Waals surface area contributed by atoms with Gasteiger partial charge in [-0.3, -0.25) is 9.59 Å². The van der Waals surface area contributed by atoms with Crippen molar-refractivity contribution < 1.29 is 38.0 Å². The van der Waals surface area contributed by atoms with Crippen molar-refractivity contribution in [2.45, 2.75) is 12.8 Å². The average molecular weight is 445 g/mol. The molecule has 2 aromatic carbocycles. The number of ether oxygens (including phenoxy) is 6. The minimum absolute atomic E-state index is 0.0405. The molecule has 32 heavy (non-hydrogen) atoms. The van der Waals surface area contributed by atoms with E-state index in [1.165, 1.54) is 21.3 Å². The number of hydrogen-bond acceptors (Lipinski definition) is 8. The highest BCUT2D eigenvalue weighted by Crippen LogP contribution is 2.38. The van der Waals surface area contributed by atoms with Gasteiger partial charge in [0.15, 0.2) is 29.6 Å². The third-order valence-electron chi connectivity index (χ3n) is 4.78. The molecule has 0 radical (unpaired) electrons. The van der Waals surface area contributed by atoms with Gasteiger partial charge in [-0.25, -0.2) is 0 Å². The molecule has 0 spiro atoms. The lowest BCUT2D eigenvalue weighted by molar-refractivity contribution is -0.147. The second kappa shape index (κ2) is 11.1. The predicted octanol–water partition coefficient (Wildman–Crippen LogP) is 1.93. The lowest BCUT2D eigenvalue weighted by Gasteiger charge is -2.18. The molecule has 9 nitrogen and oxygen atoms in total. The summed E-state index contributed by atoms with van der Waals surface area (Å²) < 4.78 is 31.9. The van der Waals surface area contributed by atoms with Crippen LogP contribution in [0.1, 0.15) is 11.1 Å². The fourth-order valence-corrected chi connectivity index (χ4v) is 3.24. The van der Waals surface area contributed by atoms with Crippen LogP contribution < -0.4 is 29.0 Å². The van der Waals surface area contributed by atoms with Crippen molar-refractivity contribution in [3.8, 4) is 28.7 Å². The van der Waals surface area contributed by atoms with Crippen LogP contribution in [0.5, 0.6) is 28.7 Å². The standard InChI is InChI=1S/C23H27NO8/c1-27-19-11-16(12-20(28-2)23(19)29-3)13-22(26)32-14-21(25)24-7-6-15-4-5-17-18(10-15)31-9-8-30-17/h4-5,10-12H,6-9,13-14H2,1-3H3,(H,24,25). The van der Waals surface area contributed by atoms with Crippen LogP contribution in [0.3, 0.4) is 0 Å². The Kier molecular flexibility index (Phi) is 8.02. The number of carbonyl (C=O) groups excluding carboxylic acids is 2. The van der Waals surface area contributed by atoms with Gasteiger partial charge in [-0.2, -0.15) is 0 Å². The van der Waals surface area contributed by atoms with Gasteiger partial charge in [0.2, 0.25) is 5.75 Å². The molecular weight excluding hydrogens is 418 g/mol. The maximum absolute atomic E-state index is 12.2. The van der Waals surface area contributed by atoms with E-state index in [0.717, 1.165) is 11.3 Å². The predicted molar refractivity (Wildman–Crippen MR) is 115 cm³/mol. The molecule has 0 aromatic heterocycles. The Labute approximate surface area is 186 Å². The highest BCUT2D eigenvalue weighted by atomic mass is 16.6. The van der Waals surface area contributed by atoms with Gasteiger partial charge in [0, 0.05) is 6.54 Å². The molecule has 9 heteroatoms. The number of methoxy groups -OCH3 is 3. The lowest BCUT2D eigenvalue weighted by Crippen LogP contribution is -2.30. The van der Waals surface area contributed by atoms with Crippen molar-refractivity contribution in [3.05, 3.63) is 41.5 Å². The summed E-state index contributed by atoms with van der Waals surface area (Å²) >= 11 is 0. The Bertz CT molecular complexity index is 934. The van der Waals surface area contributed by atoms with Gasteiger partial charge in [-0.1, -0.05) is 6.07 Å². The maximum Gasteiger partial charge on any atom is 0.310 e. The Balaban J connectivity index is 1.43. The highest BCUT2D eigenvalue weighted by molar-refractivity contribution is 5.81. The number of esters is 1. The van der Waals surface area contributed by atoms with E-state index < -0.39 is 5.97 Å². The Morgan fingerprint density at radius 1 is 0.906 bits per heavy atom. The highest BCUT2D eigenvalue weighted by Gasteiger charge is 2.16. The van der Waals surface area contributed by atoms with Crippen LogP contribution in [-0.2, 0) is 27.2 Å². The van der Waals surface area contributed by atoms with Gasteiger partial charge in [0.1, 0.15) is 13.2 Å². The Morgan fingerprint density at radius 2 is 1.59 bits per heavy atom. The Morgan fingerprint density at radius 3 is 2.25 bits per heavy atom. The summed E-state index contributed by atoms with van der Waals surface area (Å²) in [5.41, 5.74) is 1.62. The summed E-state index contributed by atoms with van der Waals surface area (Å²) in [7, 11) is 4.49. The van der Waals surface area contributed by atoms with E-state index in [4.69, 9.17) is 28.4 Å². The quantitative estimate of drug-likeness (QED) is 0.554.